The van der Waals surface area contributed by atoms with Crippen LogP contribution in [-0.4, -0.2) is 68.5 Å². The maximum Gasteiger partial charge on any atom is 0.278 e. The highest BCUT2D eigenvalue weighted by Crippen LogP contribution is 2.32. The summed E-state index contributed by atoms with van der Waals surface area (Å²) >= 11 is 0. The summed E-state index contributed by atoms with van der Waals surface area (Å²) in [5, 5.41) is 3.20. The third-order valence-corrected chi connectivity index (χ3v) is 5.86. The van der Waals surface area contributed by atoms with E-state index in [0.717, 1.165) is 37.6 Å². The Morgan fingerprint density at radius 2 is 1.62 bits per heavy atom. The van der Waals surface area contributed by atoms with Crippen LogP contribution in [0.5, 0.6) is 5.75 Å². The normalized spacial score (nSPS) is 17.2. The molecule has 1 N–H and O–H groups in total. The van der Waals surface area contributed by atoms with E-state index < -0.39 is 0 Å². The molecule has 2 amide bonds. The van der Waals surface area contributed by atoms with Crippen LogP contribution in [-0.2, 0) is 9.59 Å². The lowest BCUT2D eigenvalue weighted by molar-refractivity contribution is -0.136. The Labute approximate surface area is 188 Å². The van der Waals surface area contributed by atoms with Crippen LogP contribution < -0.4 is 15.0 Å². The van der Waals surface area contributed by atoms with Crippen molar-refractivity contribution in [3.05, 3.63) is 72.4 Å². The molecule has 2 aliphatic heterocycles. The maximum atomic E-state index is 13.1. The number of nitrogens with one attached hydrogen (secondary N) is 1. The zero-order chi connectivity index (χ0) is 22.7. The summed E-state index contributed by atoms with van der Waals surface area (Å²) in [7, 11) is 3.72. The summed E-state index contributed by atoms with van der Waals surface area (Å²) in [6, 6.07) is 15.1. The van der Waals surface area contributed by atoms with E-state index in [-0.39, 0.29) is 24.1 Å². The van der Waals surface area contributed by atoms with Gasteiger partial charge in [-0.2, -0.15) is 0 Å². The van der Waals surface area contributed by atoms with Gasteiger partial charge >= 0.3 is 0 Å². The van der Waals surface area contributed by atoms with E-state index in [4.69, 9.17) is 4.74 Å². The smallest absolute Gasteiger partial charge is 0.278 e. The highest BCUT2D eigenvalue weighted by molar-refractivity contribution is 6.36. The predicted octanol–water partition coefficient (Wildman–Crippen LogP) is 2.83. The molecule has 0 unspecified atom stereocenters. The molecule has 2 aliphatic rings. The van der Waals surface area contributed by atoms with Gasteiger partial charge in [0.25, 0.3) is 11.8 Å². The number of carbonyl (C=O) groups excluding carboxylic acids is 2. The number of ether oxygens (including phenoxy) is 1. The van der Waals surface area contributed by atoms with Crippen LogP contribution in [0.25, 0.3) is 5.57 Å². The average molecular weight is 433 g/mol. The topological polar surface area (TPSA) is 65.1 Å². The molecular formula is C25H28N4O3. The van der Waals surface area contributed by atoms with Crippen molar-refractivity contribution < 1.29 is 14.3 Å². The Morgan fingerprint density at radius 1 is 0.969 bits per heavy atom. The Hall–Kier alpha value is -3.58. The number of rotatable bonds is 7. The van der Waals surface area contributed by atoms with Gasteiger partial charge in [0.05, 0.1) is 12.7 Å². The van der Waals surface area contributed by atoms with Crippen LogP contribution in [0.3, 0.4) is 0 Å². The highest BCUT2D eigenvalue weighted by atomic mass is 16.5. The lowest BCUT2D eigenvalue weighted by atomic mass is 10.0. The maximum absolute atomic E-state index is 13.1. The Kier molecular flexibility index (Phi) is 6.28. The number of methoxy groups -OCH3 is 1. The summed E-state index contributed by atoms with van der Waals surface area (Å²) in [5.74, 6) is -0.0106. The van der Waals surface area contributed by atoms with E-state index in [2.05, 4.69) is 28.7 Å². The molecule has 0 aliphatic carbocycles. The average Bonchev–Trinajstić information content (AvgIpc) is 3.05. The van der Waals surface area contributed by atoms with Gasteiger partial charge in [-0.05, 0) is 49.0 Å². The van der Waals surface area contributed by atoms with E-state index >= 15 is 0 Å². The minimum absolute atomic E-state index is 0.158. The van der Waals surface area contributed by atoms with Gasteiger partial charge in [0, 0.05) is 44.1 Å². The summed E-state index contributed by atoms with van der Waals surface area (Å²) in [4.78, 5) is 32.0. The summed E-state index contributed by atoms with van der Waals surface area (Å²) in [5.41, 5.74) is 3.19. The van der Waals surface area contributed by atoms with Crippen molar-refractivity contribution in [3.8, 4) is 5.75 Å². The second-order valence-electron chi connectivity index (χ2n) is 7.95. The molecule has 1 saturated heterocycles. The summed E-state index contributed by atoms with van der Waals surface area (Å²) in [6.07, 6.45) is 1.55. The Morgan fingerprint density at radius 3 is 2.22 bits per heavy atom. The predicted molar refractivity (Wildman–Crippen MR) is 127 cm³/mol. The van der Waals surface area contributed by atoms with Gasteiger partial charge in [0.15, 0.2) is 0 Å². The number of hydrogen-bond donors (Lipinski definition) is 1. The van der Waals surface area contributed by atoms with E-state index in [9.17, 15) is 9.59 Å². The summed E-state index contributed by atoms with van der Waals surface area (Å²) < 4.78 is 5.22. The molecule has 0 atom stereocenters. The molecular weight excluding hydrogens is 404 g/mol. The van der Waals surface area contributed by atoms with Gasteiger partial charge in [-0.25, -0.2) is 0 Å². The van der Waals surface area contributed by atoms with E-state index in [1.165, 1.54) is 4.90 Å². The summed E-state index contributed by atoms with van der Waals surface area (Å²) in [6.45, 7) is 7.87. The number of hydrogen-bond acceptors (Lipinski definition) is 6. The third kappa shape index (κ3) is 4.24. The fraction of sp³-hybridized carbons (Fsp3) is 0.280. The van der Waals surface area contributed by atoms with Crippen LogP contribution in [0.1, 0.15) is 5.56 Å². The molecule has 1 fully saturated rings. The zero-order valence-corrected chi connectivity index (χ0v) is 18.5. The van der Waals surface area contributed by atoms with Crippen molar-refractivity contribution in [3.63, 3.8) is 0 Å². The molecule has 0 aromatic heterocycles. The Balaban J connectivity index is 1.61. The SMILES string of the molecule is C=CCN1C(=O)C(Nc2ccc(N3CCN(C)CC3)cc2)=C(c2ccc(OC)cc2)C1=O. The minimum atomic E-state index is -0.358. The number of benzene rings is 2. The van der Waals surface area contributed by atoms with Crippen molar-refractivity contribution in [2.75, 3.05) is 57.1 Å². The van der Waals surface area contributed by atoms with Crippen molar-refractivity contribution in [1.82, 2.24) is 9.80 Å². The van der Waals surface area contributed by atoms with E-state index in [0.29, 0.717) is 16.9 Å². The Bertz CT molecular complexity index is 1040. The molecule has 4 rings (SSSR count). The van der Waals surface area contributed by atoms with Crippen LogP contribution in [0.4, 0.5) is 11.4 Å². The molecule has 7 nitrogen and oxygen atoms in total. The van der Waals surface area contributed by atoms with Gasteiger partial charge in [-0.15, -0.1) is 6.58 Å². The number of piperazine rings is 1. The lowest BCUT2D eigenvalue weighted by Crippen LogP contribution is -2.44. The standard InChI is InChI=1S/C25H28N4O3/c1-4-13-29-24(30)22(18-5-11-21(32-3)12-6-18)23(25(29)31)26-19-7-9-20(10-8-19)28-16-14-27(2)15-17-28/h4-12,26H,1,13-17H2,2-3H3. The zero-order valence-electron chi connectivity index (χ0n) is 18.5. The molecule has 2 heterocycles. The molecule has 32 heavy (non-hydrogen) atoms. The quantitative estimate of drug-likeness (QED) is 0.536. The second-order valence-corrected chi connectivity index (χ2v) is 7.95. The van der Waals surface area contributed by atoms with Crippen molar-refractivity contribution in [2.45, 2.75) is 0 Å². The fourth-order valence-corrected chi connectivity index (χ4v) is 3.98. The fourth-order valence-electron chi connectivity index (χ4n) is 3.98. The van der Waals surface area contributed by atoms with Gasteiger partial charge < -0.3 is 19.9 Å². The number of amides is 2. The van der Waals surface area contributed by atoms with Crippen LogP contribution in [0.15, 0.2) is 66.9 Å². The first-order valence-corrected chi connectivity index (χ1v) is 10.7. The van der Waals surface area contributed by atoms with Crippen LogP contribution >= 0.6 is 0 Å². The lowest BCUT2D eigenvalue weighted by Gasteiger charge is -2.34. The molecule has 7 heteroatoms. The molecule has 0 radical (unpaired) electrons. The third-order valence-electron chi connectivity index (χ3n) is 5.86. The van der Waals surface area contributed by atoms with Crippen molar-refractivity contribution >= 4 is 28.8 Å². The number of likely N-dealkylation sites (N-methyl/N-ethyl adjacent to an activating group) is 1. The highest BCUT2D eigenvalue weighted by Gasteiger charge is 2.38. The largest absolute Gasteiger partial charge is 0.497 e. The second kappa shape index (κ2) is 9.28. The molecule has 0 bridgehead atoms. The number of anilines is 2. The number of nitrogens with zero attached hydrogens (tertiary/aromatic N) is 3. The minimum Gasteiger partial charge on any atom is -0.497 e. The van der Waals surface area contributed by atoms with Crippen molar-refractivity contribution in [1.29, 1.82) is 0 Å². The van der Waals surface area contributed by atoms with Gasteiger partial charge in [-0.3, -0.25) is 14.5 Å². The molecule has 0 saturated carbocycles. The number of carbonyl (C=O) groups is 2. The first-order chi connectivity index (χ1) is 15.5. The van der Waals surface area contributed by atoms with E-state index in [1.54, 1.807) is 37.5 Å². The van der Waals surface area contributed by atoms with Gasteiger partial charge in [-0.1, -0.05) is 18.2 Å². The van der Waals surface area contributed by atoms with Gasteiger partial charge in [0.2, 0.25) is 0 Å². The molecule has 2 aromatic rings. The molecule has 2 aromatic carbocycles. The van der Waals surface area contributed by atoms with Crippen molar-refractivity contribution in [2.24, 2.45) is 0 Å². The first kappa shape index (κ1) is 21.6. The molecule has 0 spiro atoms. The van der Waals surface area contributed by atoms with E-state index in [1.807, 2.05) is 24.3 Å². The van der Waals surface area contributed by atoms with Gasteiger partial charge in [0.1, 0.15) is 11.4 Å². The number of imide groups is 1. The monoisotopic (exact) mass is 432 g/mol. The first-order valence-electron chi connectivity index (χ1n) is 10.7. The molecule has 166 valence electrons. The van der Waals surface area contributed by atoms with Crippen LogP contribution in [0.2, 0.25) is 0 Å². The van der Waals surface area contributed by atoms with Crippen LogP contribution in [0, 0.1) is 0 Å².